The lowest BCUT2D eigenvalue weighted by Crippen LogP contribution is -2.29. The van der Waals surface area contributed by atoms with E-state index in [1.807, 2.05) is 24.1 Å². The Bertz CT molecular complexity index is 508. The van der Waals surface area contributed by atoms with Crippen LogP contribution in [0.25, 0.3) is 0 Å². The lowest BCUT2D eigenvalue weighted by atomic mass is 10.2. The van der Waals surface area contributed by atoms with Gasteiger partial charge in [-0.3, -0.25) is 9.58 Å². The lowest BCUT2D eigenvalue weighted by Gasteiger charge is -2.25. The van der Waals surface area contributed by atoms with E-state index >= 15 is 0 Å². The second-order valence-electron chi connectivity index (χ2n) is 4.36. The van der Waals surface area contributed by atoms with Crippen LogP contribution in [0.4, 0.5) is 0 Å². The van der Waals surface area contributed by atoms with Crippen LogP contribution in [0, 0.1) is 0 Å². The van der Waals surface area contributed by atoms with Gasteiger partial charge in [0.15, 0.2) is 0 Å². The molecule has 2 N–H and O–H groups in total. The van der Waals surface area contributed by atoms with Crippen LogP contribution in [0.3, 0.4) is 0 Å². The topological polar surface area (TPSA) is 47.1 Å². The maximum Gasteiger partial charge on any atom is 0.0565 e. The fourth-order valence-corrected chi connectivity index (χ4v) is 3.59. The van der Waals surface area contributed by atoms with E-state index in [1.165, 1.54) is 10.4 Å². The predicted octanol–water partition coefficient (Wildman–Crippen LogP) is 2.38. The van der Waals surface area contributed by atoms with Crippen LogP contribution in [-0.2, 0) is 13.6 Å². The van der Waals surface area contributed by atoms with Crippen molar-refractivity contribution in [2.24, 2.45) is 12.8 Å². The van der Waals surface area contributed by atoms with Crippen molar-refractivity contribution in [1.82, 2.24) is 14.7 Å². The third-order valence-electron chi connectivity index (χ3n) is 2.86. The fraction of sp³-hybridized carbons (Fsp3) is 0.417. The average molecular weight is 329 g/mol. The zero-order valence-corrected chi connectivity index (χ0v) is 12.9. The van der Waals surface area contributed by atoms with E-state index in [4.69, 9.17) is 5.73 Å². The Morgan fingerprint density at radius 2 is 2.39 bits per heavy atom. The fourth-order valence-electron chi connectivity index (χ4n) is 1.97. The van der Waals surface area contributed by atoms with Crippen LogP contribution >= 0.6 is 27.3 Å². The highest BCUT2D eigenvalue weighted by Gasteiger charge is 2.17. The molecule has 4 nitrogen and oxygen atoms in total. The summed E-state index contributed by atoms with van der Waals surface area (Å²) in [6, 6.07) is 2.39. The molecule has 0 saturated heterocycles. The molecule has 2 aromatic heterocycles. The maximum absolute atomic E-state index is 5.90. The maximum atomic E-state index is 5.90. The van der Waals surface area contributed by atoms with Crippen LogP contribution < -0.4 is 5.73 Å². The summed E-state index contributed by atoms with van der Waals surface area (Å²) < 4.78 is 2.94. The molecule has 0 radical (unpaired) electrons. The minimum Gasteiger partial charge on any atom is -0.329 e. The van der Waals surface area contributed by atoms with Gasteiger partial charge in [0, 0.05) is 46.6 Å². The van der Waals surface area contributed by atoms with E-state index < -0.39 is 0 Å². The van der Waals surface area contributed by atoms with Gasteiger partial charge < -0.3 is 5.73 Å². The number of hydrogen-bond donors (Lipinski definition) is 1. The molecule has 18 heavy (non-hydrogen) atoms. The minimum atomic E-state index is 0.251. The van der Waals surface area contributed by atoms with Crippen LogP contribution in [0.5, 0.6) is 0 Å². The van der Waals surface area contributed by atoms with Crippen LogP contribution in [0.2, 0.25) is 0 Å². The predicted molar refractivity (Wildman–Crippen MR) is 78.5 cm³/mol. The number of aryl methyl sites for hydroxylation is 1. The molecule has 0 aliphatic carbocycles. The normalized spacial score (nSPS) is 13.2. The number of hydrogen-bond acceptors (Lipinski definition) is 4. The number of likely N-dealkylation sites (N-methyl/N-ethyl adjacent to an activating group) is 1. The van der Waals surface area contributed by atoms with E-state index in [0.717, 1.165) is 11.0 Å². The Balaban J connectivity index is 2.08. The summed E-state index contributed by atoms with van der Waals surface area (Å²) in [5, 5.41) is 6.28. The van der Waals surface area contributed by atoms with Crippen molar-refractivity contribution in [3.8, 4) is 0 Å². The molecule has 2 heterocycles. The molecule has 0 amide bonds. The van der Waals surface area contributed by atoms with Crippen molar-refractivity contribution in [3.05, 3.63) is 38.8 Å². The highest BCUT2D eigenvalue weighted by atomic mass is 79.9. The first-order valence-corrected chi connectivity index (χ1v) is 7.39. The largest absolute Gasteiger partial charge is 0.329 e. The van der Waals surface area contributed by atoms with Crippen molar-refractivity contribution < 1.29 is 0 Å². The standard InChI is InChI=1S/C12H17BrN4S/c1-16(6-9-5-15-17(2)7-9)11(4-14)12-3-10(13)8-18-12/h3,5,7-8,11H,4,6,14H2,1-2H3. The first kappa shape index (κ1) is 13.7. The number of thiophene rings is 1. The first-order valence-electron chi connectivity index (χ1n) is 5.72. The molecule has 2 aromatic rings. The monoisotopic (exact) mass is 328 g/mol. The highest BCUT2D eigenvalue weighted by molar-refractivity contribution is 9.10. The molecule has 0 fully saturated rings. The Morgan fingerprint density at radius 1 is 1.61 bits per heavy atom. The number of rotatable bonds is 5. The summed E-state index contributed by atoms with van der Waals surface area (Å²) in [6.45, 7) is 1.47. The van der Waals surface area contributed by atoms with Crippen molar-refractivity contribution in [2.75, 3.05) is 13.6 Å². The molecular weight excluding hydrogens is 312 g/mol. The summed E-state index contributed by atoms with van der Waals surface area (Å²) in [5.74, 6) is 0. The Morgan fingerprint density at radius 3 is 2.89 bits per heavy atom. The average Bonchev–Trinajstić information content (AvgIpc) is 2.89. The van der Waals surface area contributed by atoms with Gasteiger partial charge in [-0.15, -0.1) is 11.3 Å². The molecule has 0 bridgehead atoms. The van der Waals surface area contributed by atoms with Crippen molar-refractivity contribution in [2.45, 2.75) is 12.6 Å². The molecule has 0 aliphatic rings. The number of nitrogens with two attached hydrogens (primary N) is 1. The minimum absolute atomic E-state index is 0.251. The van der Waals surface area contributed by atoms with Crippen LogP contribution in [0.1, 0.15) is 16.5 Å². The highest BCUT2D eigenvalue weighted by Crippen LogP contribution is 2.28. The summed E-state index contributed by atoms with van der Waals surface area (Å²) in [4.78, 5) is 3.55. The smallest absolute Gasteiger partial charge is 0.0565 e. The molecule has 0 saturated carbocycles. The van der Waals surface area contributed by atoms with E-state index in [-0.39, 0.29) is 6.04 Å². The summed E-state index contributed by atoms with van der Waals surface area (Å²) in [6.07, 6.45) is 3.93. The van der Waals surface area contributed by atoms with Crippen LogP contribution in [0.15, 0.2) is 28.3 Å². The van der Waals surface area contributed by atoms with Crippen molar-refractivity contribution in [3.63, 3.8) is 0 Å². The van der Waals surface area contributed by atoms with Gasteiger partial charge in [-0.1, -0.05) is 0 Å². The molecule has 6 heteroatoms. The molecule has 0 aliphatic heterocycles. The second kappa shape index (κ2) is 5.97. The SMILES string of the molecule is CN(Cc1cnn(C)c1)C(CN)c1cc(Br)cs1. The molecule has 0 aromatic carbocycles. The molecule has 0 spiro atoms. The molecule has 98 valence electrons. The lowest BCUT2D eigenvalue weighted by molar-refractivity contribution is 0.245. The Kier molecular flexibility index (Phi) is 4.55. The van der Waals surface area contributed by atoms with E-state index in [0.29, 0.717) is 6.54 Å². The third kappa shape index (κ3) is 3.20. The Hall–Kier alpha value is -0.690. The van der Waals surface area contributed by atoms with E-state index in [1.54, 1.807) is 11.3 Å². The summed E-state index contributed by atoms with van der Waals surface area (Å²) in [5.41, 5.74) is 7.11. The molecule has 2 rings (SSSR count). The van der Waals surface area contributed by atoms with Gasteiger partial charge >= 0.3 is 0 Å². The molecule has 1 atom stereocenters. The van der Waals surface area contributed by atoms with Gasteiger partial charge in [0.2, 0.25) is 0 Å². The summed E-state index contributed by atoms with van der Waals surface area (Å²) >= 11 is 5.22. The first-order chi connectivity index (χ1) is 8.60. The van der Waals surface area contributed by atoms with Gasteiger partial charge in [-0.05, 0) is 29.0 Å². The summed E-state index contributed by atoms with van der Waals surface area (Å²) in [7, 11) is 4.03. The quantitative estimate of drug-likeness (QED) is 0.916. The number of aromatic nitrogens is 2. The van der Waals surface area contributed by atoms with Gasteiger partial charge in [-0.2, -0.15) is 5.10 Å². The van der Waals surface area contributed by atoms with E-state index in [2.05, 4.69) is 44.4 Å². The van der Waals surface area contributed by atoms with Gasteiger partial charge in [0.25, 0.3) is 0 Å². The zero-order chi connectivity index (χ0) is 13.1. The molecular formula is C12H17BrN4S. The Labute approximate surface area is 120 Å². The van der Waals surface area contributed by atoms with Gasteiger partial charge in [-0.25, -0.2) is 0 Å². The second-order valence-corrected chi connectivity index (χ2v) is 6.21. The zero-order valence-electron chi connectivity index (χ0n) is 10.5. The number of nitrogens with zero attached hydrogens (tertiary/aromatic N) is 3. The van der Waals surface area contributed by atoms with Crippen molar-refractivity contribution >= 4 is 27.3 Å². The van der Waals surface area contributed by atoms with Gasteiger partial charge in [0.05, 0.1) is 12.2 Å². The van der Waals surface area contributed by atoms with Gasteiger partial charge in [0.1, 0.15) is 0 Å². The van der Waals surface area contributed by atoms with Crippen molar-refractivity contribution in [1.29, 1.82) is 0 Å². The third-order valence-corrected chi connectivity index (χ3v) is 4.66. The number of halogens is 1. The molecule has 1 unspecified atom stereocenters. The van der Waals surface area contributed by atoms with Crippen LogP contribution in [-0.4, -0.2) is 28.3 Å². The van der Waals surface area contributed by atoms with E-state index in [9.17, 15) is 0 Å².